The molecule has 26 heavy (non-hydrogen) atoms. The molecule has 3 aromatic heterocycles. The van der Waals surface area contributed by atoms with E-state index in [1.807, 2.05) is 19.9 Å². The predicted molar refractivity (Wildman–Crippen MR) is 105 cm³/mol. The summed E-state index contributed by atoms with van der Waals surface area (Å²) >= 11 is 1.78. The van der Waals surface area contributed by atoms with E-state index in [0.717, 1.165) is 46.7 Å². The van der Waals surface area contributed by atoms with Gasteiger partial charge in [-0.25, -0.2) is 4.68 Å². The summed E-state index contributed by atoms with van der Waals surface area (Å²) < 4.78 is 1.80. The summed E-state index contributed by atoms with van der Waals surface area (Å²) in [6.07, 6.45) is 5.51. The summed E-state index contributed by atoms with van der Waals surface area (Å²) in [7, 11) is 0. The van der Waals surface area contributed by atoms with E-state index >= 15 is 0 Å². The summed E-state index contributed by atoms with van der Waals surface area (Å²) in [5, 5.41) is 18.8. The Balaban J connectivity index is 1.91. The highest BCUT2D eigenvalue weighted by atomic mass is 32.1. The zero-order chi connectivity index (χ0) is 18.3. The van der Waals surface area contributed by atoms with E-state index < -0.39 is 0 Å². The summed E-state index contributed by atoms with van der Waals surface area (Å²) in [6, 6.07) is 2.02. The number of hydrogen-bond acceptors (Lipinski definition) is 6. The molecular formula is C19H25N5OS. The van der Waals surface area contributed by atoms with Crippen LogP contribution in [0.4, 0.5) is 5.82 Å². The van der Waals surface area contributed by atoms with E-state index in [0.29, 0.717) is 5.95 Å². The number of thiophene rings is 1. The molecule has 0 saturated heterocycles. The Morgan fingerprint density at radius 1 is 1.27 bits per heavy atom. The van der Waals surface area contributed by atoms with Crippen molar-refractivity contribution in [1.82, 2.24) is 19.7 Å². The number of aryl methyl sites for hydroxylation is 4. The Morgan fingerprint density at radius 3 is 2.77 bits per heavy atom. The van der Waals surface area contributed by atoms with Crippen molar-refractivity contribution in [3.8, 4) is 5.95 Å². The normalized spacial score (nSPS) is 15.2. The van der Waals surface area contributed by atoms with Gasteiger partial charge in [0, 0.05) is 10.6 Å². The molecule has 0 fully saturated rings. The van der Waals surface area contributed by atoms with Gasteiger partial charge < -0.3 is 10.4 Å². The van der Waals surface area contributed by atoms with Crippen LogP contribution in [0.5, 0.6) is 0 Å². The maximum atomic E-state index is 9.66. The topological polar surface area (TPSA) is 75.9 Å². The predicted octanol–water partition coefficient (Wildman–Crippen LogP) is 3.56. The number of nitrogens with zero attached hydrogens (tertiary/aromatic N) is 4. The summed E-state index contributed by atoms with van der Waals surface area (Å²) in [5.41, 5.74) is 3.36. The highest BCUT2D eigenvalue weighted by molar-refractivity contribution is 7.19. The van der Waals surface area contributed by atoms with Crippen molar-refractivity contribution in [3.63, 3.8) is 0 Å². The molecule has 138 valence electrons. The van der Waals surface area contributed by atoms with Crippen LogP contribution in [0.3, 0.4) is 0 Å². The van der Waals surface area contributed by atoms with Gasteiger partial charge in [-0.05, 0) is 57.6 Å². The molecule has 1 aliphatic carbocycles. The van der Waals surface area contributed by atoms with Gasteiger partial charge in [-0.3, -0.25) is 0 Å². The minimum absolute atomic E-state index is 0.0134. The standard InChI is InChI=1S/C19H25N5OS/c1-4-13(10-25)20-17-16-14-7-5-6-8-15(14)26-18(16)22-19(21-17)24-12(3)9-11(2)23-24/h9,13,25H,4-8,10H2,1-3H3,(H,20,21,22). The molecule has 6 nitrogen and oxygen atoms in total. The second-order valence-electron chi connectivity index (χ2n) is 7.03. The lowest BCUT2D eigenvalue weighted by molar-refractivity contribution is 0.271. The van der Waals surface area contributed by atoms with Gasteiger partial charge in [0.2, 0.25) is 0 Å². The third-order valence-electron chi connectivity index (χ3n) is 5.06. The molecule has 4 rings (SSSR count). The highest BCUT2D eigenvalue weighted by Crippen LogP contribution is 2.39. The molecule has 0 spiro atoms. The molecule has 1 unspecified atom stereocenters. The van der Waals surface area contributed by atoms with E-state index in [1.165, 1.54) is 23.3 Å². The first kappa shape index (κ1) is 17.4. The molecule has 0 bridgehead atoms. The Labute approximate surface area is 157 Å². The van der Waals surface area contributed by atoms with Gasteiger partial charge in [0.15, 0.2) is 0 Å². The van der Waals surface area contributed by atoms with E-state index in [1.54, 1.807) is 16.0 Å². The van der Waals surface area contributed by atoms with Gasteiger partial charge >= 0.3 is 0 Å². The molecule has 0 radical (unpaired) electrons. The van der Waals surface area contributed by atoms with Gasteiger partial charge in [0.1, 0.15) is 10.6 Å². The Hall–Kier alpha value is -1.99. The molecule has 0 aromatic carbocycles. The van der Waals surface area contributed by atoms with Gasteiger partial charge in [0.25, 0.3) is 5.95 Å². The average molecular weight is 372 g/mol. The monoisotopic (exact) mass is 371 g/mol. The Bertz CT molecular complexity index is 941. The van der Waals surface area contributed by atoms with Crippen molar-refractivity contribution >= 4 is 27.4 Å². The highest BCUT2D eigenvalue weighted by Gasteiger charge is 2.23. The Morgan fingerprint density at radius 2 is 2.08 bits per heavy atom. The zero-order valence-electron chi connectivity index (χ0n) is 15.5. The van der Waals surface area contributed by atoms with Crippen LogP contribution in [0.15, 0.2) is 6.07 Å². The zero-order valence-corrected chi connectivity index (χ0v) is 16.4. The SMILES string of the molecule is CCC(CO)Nc1nc(-n2nc(C)cc2C)nc2sc3c(c12)CCCC3. The van der Waals surface area contributed by atoms with Gasteiger partial charge in [-0.2, -0.15) is 15.1 Å². The second-order valence-corrected chi connectivity index (χ2v) is 8.12. The lowest BCUT2D eigenvalue weighted by Crippen LogP contribution is -2.24. The molecule has 0 amide bonds. The van der Waals surface area contributed by atoms with Crippen LogP contribution >= 0.6 is 11.3 Å². The first-order valence-electron chi connectivity index (χ1n) is 9.34. The second kappa shape index (κ2) is 6.96. The third-order valence-corrected chi connectivity index (χ3v) is 6.24. The van der Waals surface area contributed by atoms with E-state index in [-0.39, 0.29) is 12.6 Å². The molecule has 0 aliphatic heterocycles. The quantitative estimate of drug-likeness (QED) is 0.717. The molecule has 2 N–H and O–H groups in total. The fourth-order valence-electron chi connectivity index (χ4n) is 3.65. The Kier molecular flexibility index (Phi) is 4.67. The number of anilines is 1. The fraction of sp³-hybridized carbons (Fsp3) is 0.526. The van der Waals surface area contributed by atoms with Gasteiger partial charge in [-0.1, -0.05) is 6.92 Å². The largest absolute Gasteiger partial charge is 0.394 e. The molecule has 0 saturated carbocycles. The molecular weight excluding hydrogens is 346 g/mol. The molecule has 3 heterocycles. The van der Waals surface area contributed by atoms with Crippen LogP contribution in [-0.2, 0) is 12.8 Å². The van der Waals surface area contributed by atoms with Crippen LogP contribution in [0.25, 0.3) is 16.2 Å². The lowest BCUT2D eigenvalue weighted by atomic mass is 9.97. The van der Waals surface area contributed by atoms with Crippen molar-refractivity contribution in [2.45, 2.75) is 58.9 Å². The van der Waals surface area contributed by atoms with Crippen LogP contribution in [0.2, 0.25) is 0 Å². The van der Waals surface area contributed by atoms with Crippen molar-refractivity contribution in [1.29, 1.82) is 0 Å². The number of nitrogens with one attached hydrogen (secondary N) is 1. The lowest BCUT2D eigenvalue weighted by Gasteiger charge is -2.18. The maximum absolute atomic E-state index is 9.66. The van der Waals surface area contributed by atoms with Gasteiger partial charge in [-0.15, -0.1) is 11.3 Å². The third kappa shape index (κ3) is 2.99. The van der Waals surface area contributed by atoms with Crippen molar-refractivity contribution in [3.05, 3.63) is 27.9 Å². The first-order valence-corrected chi connectivity index (χ1v) is 10.2. The average Bonchev–Trinajstić information content (AvgIpc) is 3.18. The maximum Gasteiger partial charge on any atom is 0.254 e. The molecule has 1 aliphatic rings. The molecule has 3 aromatic rings. The summed E-state index contributed by atoms with van der Waals surface area (Å²) in [4.78, 5) is 12.1. The number of aliphatic hydroxyl groups is 1. The molecule has 7 heteroatoms. The van der Waals surface area contributed by atoms with Gasteiger partial charge in [0.05, 0.1) is 23.7 Å². The fourth-order valence-corrected chi connectivity index (χ4v) is 4.90. The minimum Gasteiger partial charge on any atom is -0.394 e. The van der Waals surface area contributed by atoms with Crippen LogP contribution < -0.4 is 5.32 Å². The van der Waals surface area contributed by atoms with E-state index in [4.69, 9.17) is 9.97 Å². The number of aliphatic hydroxyl groups excluding tert-OH is 1. The number of fused-ring (bicyclic) bond motifs is 3. The number of hydrogen-bond donors (Lipinski definition) is 2. The van der Waals surface area contributed by atoms with Crippen LogP contribution in [0, 0.1) is 13.8 Å². The molecule has 1 atom stereocenters. The smallest absolute Gasteiger partial charge is 0.254 e. The van der Waals surface area contributed by atoms with E-state index in [2.05, 4.69) is 17.3 Å². The number of rotatable bonds is 5. The van der Waals surface area contributed by atoms with E-state index in [9.17, 15) is 5.11 Å². The summed E-state index contributed by atoms with van der Waals surface area (Å²) in [5.74, 6) is 1.43. The minimum atomic E-state index is -0.0134. The van der Waals surface area contributed by atoms with Crippen molar-refractivity contribution in [2.24, 2.45) is 0 Å². The van der Waals surface area contributed by atoms with Crippen molar-refractivity contribution < 1.29 is 5.11 Å². The van der Waals surface area contributed by atoms with Crippen LogP contribution in [-0.4, -0.2) is 37.5 Å². The first-order chi connectivity index (χ1) is 12.6. The number of aromatic nitrogens is 4. The summed E-state index contributed by atoms with van der Waals surface area (Å²) in [6.45, 7) is 6.15. The van der Waals surface area contributed by atoms with Crippen molar-refractivity contribution in [2.75, 3.05) is 11.9 Å². The van der Waals surface area contributed by atoms with Crippen LogP contribution in [0.1, 0.15) is 48.0 Å².